The minimum absolute atomic E-state index is 0.109. The number of halogens is 2. The molecule has 2 aromatic rings. The summed E-state index contributed by atoms with van der Waals surface area (Å²) in [7, 11) is 0. The minimum Gasteiger partial charge on any atom is -0.333 e. The maximum absolute atomic E-state index is 13.3. The first kappa shape index (κ1) is 16.6. The number of aryl methyl sites for hydroxylation is 2. The van der Waals surface area contributed by atoms with Gasteiger partial charge in [-0.25, -0.2) is 8.78 Å². The van der Waals surface area contributed by atoms with Crippen molar-refractivity contribution in [1.29, 1.82) is 0 Å². The van der Waals surface area contributed by atoms with E-state index in [-0.39, 0.29) is 18.5 Å². The van der Waals surface area contributed by atoms with Crippen molar-refractivity contribution in [1.82, 2.24) is 0 Å². The summed E-state index contributed by atoms with van der Waals surface area (Å²) in [6.07, 6.45) is 3.35. The van der Waals surface area contributed by atoms with E-state index in [1.807, 2.05) is 19.1 Å². The summed E-state index contributed by atoms with van der Waals surface area (Å²) in [5.74, 6) is -1.84. The van der Waals surface area contributed by atoms with Crippen LogP contribution in [0.1, 0.15) is 36.1 Å². The number of quaternary nitrogens is 1. The van der Waals surface area contributed by atoms with E-state index >= 15 is 0 Å². The zero-order chi connectivity index (χ0) is 17.1. The molecule has 5 heteroatoms. The number of nitrogens with two attached hydrogens (primary N) is 1. The summed E-state index contributed by atoms with van der Waals surface area (Å²) in [6, 6.07) is 9.74. The highest BCUT2D eigenvalue weighted by Crippen LogP contribution is 2.24. The normalized spacial score (nSPS) is 14.3. The Kier molecular flexibility index (Phi) is 4.90. The monoisotopic (exact) mass is 331 g/mol. The number of carbonyl (C=O) groups excluding carboxylic acids is 1. The second-order valence-corrected chi connectivity index (χ2v) is 6.29. The quantitative estimate of drug-likeness (QED) is 0.869. The molecular weight excluding hydrogens is 310 g/mol. The van der Waals surface area contributed by atoms with Gasteiger partial charge in [0.1, 0.15) is 6.04 Å². The zero-order valence-electron chi connectivity index (χ0n) is 13.6. The van der Waals surface area contributed by atoms with Gasteiger partial charge in [0.2, 0.25) is 0 Å². The van der Waals surface area contributed by atoms with Gasteiger partial charge in [-0.2, -0.15) is 0 Å². The predicted octanol–water partition coefficient (Wildman–Crippen LogP) is 2.72. The van der Waals surface area contributed by atoms with Gasteiger partial charge in [0, 0.05) is 11.3 Å². The maximum Gasteiger partial charge on any atom is 0.279 e. The predicted molar refractivity (Wildman–Crippen MR) is 88.7 cm³/mol. The number of nitrogens with one attached hydrogen (secondary N) is 1. The lowest BCUT2D eigenvalue weighted by Crippen LogP contribution is -2.86. The number of benzene rings is 2. The smallest absolute Gasteiger partial charge is 0.279 e. The van der Waals surface area contributed by atoms with Crippen LogP contribution in [-0.4, -0.2) is 12.5 Å². The number of rotatable bonds is 5. The highest BCUT2D eigenvalue weighted by molar-refractivity contribution is 5.91. The van der Waals surface area contributed by atoms with Crippen LogP contribution in [0.3, 0.4) is 0 Å². The summed E-state index contributed by atoms with van der Waals surface area (Å²) in [6.45, 7) is 2.08. The van der Waals surface area contributed by atoms with Crippen LogP contribution in [-0.2, 0) is 17.6 Å². The average molecular weight is 331 g/mol. The van der Waals surface area contributed by atoms with Crippen LogP contribution in [0.15, 0.2) is 36.4 Å². The van der Waals surface area contributed by atoms with Gasteiger partial charge in [-0.3, -0.25) is 4.79 Å². The van der Waals surface area contributed by atoms with Gasteiger partial charge in [-0.05, 0) is 67.6 Å². The Hall–Kier alpha value is -2.27. The first-order valence-corrected chi connectivity index (χ1v) is 8.23. The summed E-state index contributed by atoms with van der Waals surface area (Å²) < 4.78 is 26.2. The SMILES string of the molecule is C[C@@H]([NH2+]CC(=O)Nc1ccc2c(c1)CCC2)c1ccc(F)c(F)c1. The topological polar surface area (TPSA) is 45.7 Å². The molecule has 0 radical (unpaired) electrons. The van der Waals surface area contributed by atoms with Crippen molar-refractivity contribution in [3.63, 3.8) is 0 Å². The number of hydrogen-bond donors (Lipinski definition) is 2. The molecule has 1 aliphatic carbocycles. The van der Waals surface area contributed by atoms with E-state index in [1.165, 1.54) is 29.7 Å². The molecule has 1 atom stereocenters. The Labute approximate surface area is 140 Å². The fourth-order valence-electron chi connectivity index (χ4n) is 3.08. The van der Waals surface area contributed by atoms with Gasteiger partial charge in [-0.15, -0.1) is 0 Å². The standard InChI is InChI=1S/C19H20F2N2O/c1-12(14-6-8-17(20)18(21)10-14)22-11-19(24)23-16-7-5-13-3-2-4-15(13)9-16/h5-10,12,22H,2-4,11H2,1H3,(H,23,24)/p+1/t12-/m1/s1. The number of anilines is 1. The second kappa shape index (κ2) is 7.09. The molecule has 3 nitrogen and oxygen atoms in total. The summed E-state index contributed by atoms with van der Waals surface area (Å²) in [5.41, 5.74) is 4.15. The lowest BCUT2D eigenvalue weighted by Gasteiger charge is -2.12. The zero-order valence-corrected chi connectivity index (χ0v) is 13.6. The number of amides is 1. The van der Waals surface area contributed by atoms with Crippen LogP contribution in [0.5, 0.6) is 0 Å². The highest BCUT2D eigenvalue weighted by Gasteiger charge is 2.15. The van der Waals surface area contributed by atoms with Gasteiger partial charge in [0.25, 0.3) is 5.91 Å². The molecule has 0 saturated carbocycles. The fraction of sp³-hybridized carbons (Fsp3) is 0.316. The molecule has 0 fully saturated rings. The van der Waals surface area contributed by atoms with Crippen molar-refractivity contribution < 1.29 is 18.9 Å². The van der Waals surface area contributed by atoms with E-state index in [1.54, 1.807) is 5.32 Å². The van der Waals surface area contributed by atoms with E-state index in [0.717, 1.165) is 24.6 Å². The fourth-order valence-corrected chi connectivity index (χ4v) is 3.08. The number of carbonyl (C=O) groups is 1. The van der Waals surface area contributed by atoms with Gasteiger partial charge < -0.3 is 10.6 Å². The van der Waals surface area contributed by atoms with Gasteiger partial charge in [-0.1, -0.05) is 6.07 Å². The third kappa shape index (κ3) is 3.79. The Morgan fingerprint density at radius 2 is 1.92 bits per heavy atom. The van der Waals surface area contributed by atoms with Crippen molar-refractivity contribution in [3.8, 4) is 0 Å². The molecule has 0 bridgehead atoms. The molecule has 2 aromatic carbocycles. The number of hydrogen-bond acceptors (Lipinski definition) is 1. The molecule has 24 heavy (non-hydrogen) atoms. The average Bonchev–Trinajstić information content (AvgIpc) is 3.03. The number of fused-ring (bicyclic) bond motifs is 1. The Balaban J connectivity index is 1.54. The van der Waals surface area contributed by atoms with E-state index < -0.39 is 11.6 Å². The molecule has 0 unspecified atom stereocenters. The summed E-state index contributed by atoms with van der Waals surface area (Å²) in [4.78, 5) is 12.1. The van der Waals surface area contributed by atoms with Gasteiger partial charge >= 0.3 is 0 Å². The first-order chi connectivity index (χ1) is 11.5. The van der Waals surface area contributed by atoms with Crippen molar-refractivity contribution in [2.24, 2.45) is 0 Å². The lowest BCUT2D eigenvalue weighted by molar-refractivity contribution is -0.682. The van der Waals surface area contributed by atoms with Crippen molar-refractivity contribution in [3.05, 3.63) is 64.7 Å². The molecule has 3 N–H and O–H groups in total. The molecule has 1 amide bonds. The van der Waals surface area contributed by atoms with Crippen LogP contribution in [0.2, 0.25) is 0 Å². The molecule has 3 rings (SSSR count). The Bertz CT molecular complexity index is 761. The summed E-state index contributed by atoms with van der Waals surface area (Å²) >= 11 is 0. The molecule has 0 heterocycles. The molecular formula is C19H21F2N2O+. The molecule has 0 aliphatic heterocycles. The van der Waals surface area contributed by atoms with Crippen LogP contribution >= 0.6 is 0 Å². The molecule has 0 aromatic heterocycles. The second-order valence-electron chi connectivity index (χ2n) is 6.29. The molecule has 1 aliphatic rings. The third-order valence-electron chi connectivity index (χ3n) is 4.51. The molecule has 0 spiro atoms. The highest BCUT2D eigenvalue weighted by atomic mass is 19.2. The van der Waals surface area contributed by atoms with E-state index in [0.29, 0.717) is 5.56 Å². The van der Waals surface area contributed by atoms with E-state index in [9.17, 15) is 13.6 Å². The van der Waals surface area contributed by atoms with Gasteiger partial charge in [0.05, 0.1) is 0 Å². The van der Waals surface area contributed by atoms with Crippen LogP contribution in [0, 0.1) is 11.6 Å². The van der Waals surface area contributed by atoms with Crippen LogP contribution < -0.4 is 10.6 Å². The first-order valence-electron chi connectivity index (χ1n) is 8.23. The van der Waals surface area contributed by atoms with Crippen LogP contribution in [0.4, 0.5) is 14.5 Å². The van der Waals surface area contributed by atoms with Crippen LogP contribution in [0.25, 0.3) is 0 Å². The largest absolute Gasteiger partial charge is 0.333 e. The van der Waals surface area contributed by atoms with Crippen molar-refractivity contribution in [2.75, 3.05) is 11.9 Å². The molecule has 0 saturated heterocycles. The van der Waals surface area contributed by atoms with E-state index in [2.05, 4.69) is 11.4 Å². The Morgan fingerprint density at radius 1 is 1.12 bits per heavy atom. The minimum atomic E-state index is -0.865. The van der Waals surface area contributed by atoms with Crippen molar-refractivity contribution >= 4 is 11.6 Å². The van der Waals surface area contributed by atoms with Crippen molar-refractivity contribution in [2.45, 2.75) is 32.2 Å². The Morgan fingerprint density at radius 3 is 2.71 bits per heavy atom. The maximum atomic E-state index is 13.3. The van der Waals surface area contributed by atoms with Gasteiger partial charge in [0.15, 0.2) is 18.2 Å². The summed E-state index contributed by atoms with van der Waals surface area (Å²) in [5, 5.41) is 4.70. The molecule has 126 valence electrons. The third-order valence-corrected chi connectivity index (χ3v) is 4.51. The van der Waals surface area contributed by atoms with E-state index in [4.69, 9.17) is 0 Å². The lowest BCUT2D eigenvalue weighted by atomic mass is 10.1.